The standard InChI is InChI=1S/C36H44O12/c1-9-26(41)45-28-19(2)17-36(48-22(5)39)27(28)30(44-20(3)37)35-18-43-34(8,32(36)46-31(42)23-13-11-10-12-14-23)29(35)24(15-16-25(35)40)33(6,7)47-21(4)38/h10-16,19,24,27-30,32H,9,17-18H2,1-8H3/t19-,24-,27+,28-,29-,30+,32-,34+,35+,36+/m0/s1. The van der Waals surface area contributed by atoms with Crippen LogP contribution >= 0.6 is 0 Å². The van der Waals surface area contributed by atoms with Crippen molar-refractivity contribution in [3.05, 3.63) is 48.0 Å². The van der Waals surface area contributed by atoms with Crippen LogP contribution in [-0.2, 0) is 52.4 Å². The van der Waals surface area contributed by atoms with E-state index < -0.39 is 99.8 Å². The van der Waals surface area contributed by atoms with E-state index in [2.05, 4.69) is 0 Å². The Hall–Kier alpha value is -4.06. The van der Waals surface area contributed by atoms with Crippen molar-refractivity contribution < 1.29 is 57.2 Å². The van der Waals surface area contributed by atoms with Gasteiger partial charge in [-0.2, -0.15) is 0 Å². The van der Waals surface area contributed by atoms with Crippen molar-refractivity contribution in [1.29, 1.82) is 0 Å². The summed E-state index contributed by atoms with van der Waals surface area (Å²) in [6, 6.07) is 8.22. The molecule has 1 aliphatic heterocycles. The van der Waals surface area contributed by atoms with Gasteiger partial charge in [-0.05, 0) is 51.3 Å². The molecule has 1 aromatic rings. The highest BCUT2D eigenvalue weighted by Crippen LogP contribution is 2.68. The topological polar surface area (TPSA) is 158 Å². The highest BCUT2D eigenvalue weighted by Gasteiger charge is 2.82. The van der Waals surface area contributed by atoms with Gasteiger partial charge >= 0.3 is 29.8 Å². The number of esters is 5. The Morgan fingerprint density at radius 1 is 0.958 bits per heavy atom. The molecule has 1 heterocycles. The van der Waals surface area contributed by atoms with Crippen LogP contribution in [-0.4, -0.2) is 77.4 Å². The maximum absolute atomic E-state index is 14.5. The fourth-order valence-electron chi connectivity index (χ4n) is 9.12. The van der Waals surface area contributed by atoms with Gasteiger partial charge in [0.25, 0.3) is 0 Å². The summed E-state index contributed by atoms with van der Waals surface area (Å²) >= 11 is 0. The minimum Gasteiger partial charge on any atom is -0.461 e. The molecule has 4 aliphatic rings. The lowest BCUT2D eigenvalue weighted by molar-refractivity contribution is -0.235. The summed E-state index contributed by atoms with van der Waals surface area (Å²) in [5, 5.41) is 0. The van der Waals surface area contributed by atoms with Crippen LogP contribution < -0.4 is 0 Å². The summed E-state index contributed by atoms with van der Waals surface area (Å²) in [5.74, 6) is -7.21. The third-order valence-electron chi connectivity index (χ3n) is 10.6. The summed E-state index contributed by atoms with van der Waals surface area (Å²) < 4.78 is 37.5. The molecular weight excluding hydrogens is 624 g/mol. The number of rotatable bonds is 8. The van der Waals surface area contributed by atoms with Crippen LogP contribution in [0.4, 0.5) is 0 Å². The summed E-state index contributed by atoms with van der Waals surface area (Å²) in [6.45, 7) is 11.9. The Labute approximate surface area is 279 Å². The third-order valence-corrected chi connectivity index (χ3v) is 10.6. The number of benzene rings is 1. The first-order valence-electron chi connectivity index (χ1n) is 16.3. The van der Waals surface area contributed by atoms with Crippen LogP contribution in [0.2, 0.25) is 0 Å². The van der Waals surface area contributed by atoms with Gasteiger partial charge < -0.3 is 28.4 Å². The van der Waals surface area contributed by atoms with E-state index in [4.69, 9.17) is 28.4 Å². The lowest BCUT2D eigenvalue weighted by Gasteiger charge is -2.50. The molecule has 1 saturated heterocycles. The SMILES string of the molecule is CCC(=O)O[C@@H]1[C@@H]2[C@@H](OC(C)=O)[C@@]34CO[C@@](C)([C@H](OC(=O)c5ccccc5)[C@@]2(OC(C)=O)C[C@@H]1C)[C@@H]3[C@@H](C(C)(C)OC(C)=O)C=CC4=O. The van der Waals surface area contributed by atoms with Crippen molar-refractivity contribution in [3.63, 3.8) is 0 Å². The van der Waals surface area contributed by atoms with E-state index in [-0.39, 0.29) is 25.0 Å². The average molecular weight is 669 g/mol. The number of allylic oxidation sites excluding steroid dienone is 1. The Balaban J connectivity index is 1.87. The normalized spacial score (nSPS) is 36.6. The second-order valence-corrected chi connectivity index (χ2v) is 14.2. The first-order chi connectivity index (χ1) is 22.4. The highest BCUT2D eigenvalue weighted by atomic mass is 16.6. The fourth-order valence-corrected chi connectivity index (χ4v) is 9.12. The summed E-state index contributed by atoms with van der Waals surface area (Å²) in [7, 11) is 0. The second-order valence-electron chi connectivity index (χ2n) is 14.2. The zero-order valence-electron chi connectivity index (χ0n) is 28.6. The molecule has 5 rings (SSSR count). The Morgan fingerprint density at radius 3 is 2.21 bits per heavy atom. The molecule has 0 amide bonds. The van der Waals surface area contributed by atoms with Crippen LogP contribution in [0.15, 0.2) is 42.5 Å². The van der Waals surface area contributed by atoms with Crippen molar-refractivity contribution in [3.8, 4) is 0 Å². The highest BCUT2D eigenvalue weighted by molar-refractivity contribution is 5.98. The maximum atomic E-state index is 14.5. The average Bonchev–Trinajstić information content (AvgIpc) is 3.44. The molecule has 3 aliphatic carbocycles. The monoisotopic (exact) mass is 668 g/mol. The van der Waals surface area contributed by atoms with Gasteiger partial charge in [-0.25, -0.2) is 4.79 Å². The molecule has 1 aromatic carbocycles. The van der Waals surface area contributed by atoms with Gasteiger partial charge in [-0.3, -0.25) is 24.0 Å². The quantitative estimate of drug-likeness (QED) is 0.291. The van der Waals surface area contributed by atoms with E-state index in [9.17, 15) is 28.8 Å². The zero-order valence-corrected chi connectivity index (χ0v) is 28.6. The second kappa shape index (κ2) is 12.4. The molecule has 12 heteroatoms. The number of fused-ring (bicyclic) bond motifs is 1. The van der Waals surface area contributed by atoms with E-state index in [0.717, 1.165) is 0 Å². The minimum atomic E-state index is -1.82. The van der Waals surface area contributed by atoms with Crippen molar-refractivity contribution >= 4 is 35.6 Å². The molecule has 260 valence electrons. The maximum Gasteiger partial charge on any atom is 0.338 e. The zero-order chi connectivity index (χ0) is 35.4. The van der Waals surface area contributed by atoms with Gasteiger partial charge in [0.1, 0.15) is 28.8 Å². The summed E-state index contributed by atoms with van der Waals surface area (Å²) in [6.07, 6.45) is -0.820. The molecule has 2 saturated carbocycles. The minimum absolute atomic E-state index is 0.00475. The van der Waals surface area contributed by atoms with Gasteiger partial charge in [0.15, 0.2) is 17.5 Å². The molecule has 0 N–H and O–H groups in total. The molecule has 0 aromatic heterocycles. The molecule has 48 heavy (non-hydrogen) atoms. The summed E-state index contributed by atoms with van der Waals surface area (Å²) in [5.41, 5.74) is -6.14. The summed E-state index contributed by atoms with van der Waals surface area (Å²) in [4.78, 5) is 80.1. The first-order valence-corrected chi connectivity index (χ1v) is 16.3. The Bertz CT molecular complexity index is 1530. The lowest BCUT2D eigenvalue weighted by atomic mass is 9.54. The van der Waals surface area contributed by atoms with Crippen LogP contribution in [0.25, 0.3) is 0 Å². The molecule has 0 unspecified atom stereocenters. The molecule has 0 spiro atoms. The first kappa shape index (κ1) is 35.3. The predicted molar refractivity (Wildman–Crippen MR) is 167 cm³/mol. The van der Waals surface area contributed by atoms with E-state index >= 15 is 0 Å². The Kier molecular flexibility index (Phi) is 9.13. The van der Waals surface area contributed by atoms with Gasteiger partial charge in [0, 0.05) is 39.0 Å². The van der Waals surface area contributed by atoms with Crippen LogP contribution in [0, 0.1) is 29.1 Å². The smallest absolute Gasteiger partial charge is 0.338 e. The number of ether oxygens (including phenoxy) is 6. The molecule has 3 fully saturated rings. The van der Waals surface area contributed by atoms with Crippen molar-refractivity contribution in [1.82, 2.24) is 0 Å². The number of carbonyl (C=O) groups is 6. The molecule has 10 atom stereocenters. The molecule has 0 radical (unpaired) electrons. The van der Waals surface area contributed by atoms with Gasteiger partial charge in [-0.15, -0.1) is 0 Å². The van der Waals surface area contributed by atoms with Crippen LogP contribution in [0.1, 0.15) is 78.6 Å². The lowest BCUT2D eigenvalue weighted by Crippen LogP contribution is -2.64. The molecular formula is C36H44O12. The van der Waals surface area contributed by atoms with E-state index in [0.29, 0.717) is 0 Å². The molecule has 2 bridgehead atoms. The van der Waals surface area contributed by atoms with Gasteiger partial charge in [-0.1, -0.05) is 38.1 Å². The van der Waals surface area contributed by atoms with Crippen LogP contribution in [0.3, 0.4) is 0 Å². The molecule has 12 nitrogen and oxygen atoms in total. The fraction of sp³-hybridized carbons (Fsp3) is 0.611. The third kappa shape index (κ3) is 5.51. The van der Waals surface area contributed by atoms with E-state index in [1.807, 2.05) is 0 Å². The number of ketones is 1. The number of hydrogen-bond donors (Lipinski definition) is 0. The van der Waals surface area contributed by atoms with Gasteiger partial charge in [0.05, 0.1) is 18.1 Å². The number of hydrogen-bond acceptors (Lipinski definition) is 12. The van der Waals surface area contributed by atoms with Gasteiger partial charge in [0.2, 0.25) is 0 Å². The van der Waals surface area contributed by atoms with Crippen LogP contribution in [0.5, 0.6) is 0 Å². The van der Waals surface area contributed by atoms with E-state index in [1.165, 1.54) is 26.8 Å². The Morgan fingerprint density at radius 2 is 1.62 bits per heavy atom. The predicted octanol–water partition coefficient (Wildman–Crippen LogP) is 3.93. The van der Waals surface area contributed by atoms with Crippen molar-refractivity contribution in [2.24, 2.45) is 29.1 Å². The number of carbonyl (C=O) groups excluding carboxylic acids is 6. The largest absolute Gasteiger partial charge is 0.461 e. The van der Waals surface area contributed by atoms with Crippen molar-refractivity contribution in [2.75, 3.05) is 6.61 Å². The van der Waals surface area contributed by atoms with E-state index in [1.54, 1.807) is 71.0 Å². The van der Waals surface area contributed by atoms with Crippen molar-refractivity contribution in [2.45, 2.75) is 103 Å².